The van der Waals surface area contributed by atoms with Crippen molar-refractivity contribution in [1.29, 1.82) is 0 Å². The zero-order valence-corrected chi connectivity index (χ0v) is 12.3. The molecule has 0 heterocycles. The van der Waals surface area contributed by atoms with E-state index in [2.05, 4.69) is 13.0 Å². The van der Waals surface area contributed by atoms with Crippen molar-refractivity contribution >= 4 is 0 Å². The van der Waals surface area contributed by atoms with Gasteiger partial charge in [0.05, 0.1) is 14.2 Å². The Labute approximate surface area is 116 Å². The third kappa shape index (κ3) is 2.44. The minimum atomic E-state index is 0.0578. The van der Waals surface area contributed by atoms with E-state index in [0.717, 1.165) is 24.3 Å². The lowest BCUT2D eigenvalue weighted by Gasteiger charge is -2.39. The molecule has 106 valence electrons. The number of hydrogen-bond acceptors (Lipinski definition) is 3. The van der Waals surface area contributed by atoms with Crippen LogP contribution in [0.5, 0.6) is 11.5 Å². The van der Waals surface area contributed by atoms with Gasteiger partial charge in [0.25, 0.3) is 0 Å². The molecule has 1 fully saturated rings. The van der Waals surface area contributed by atoms with Crippen LogP contribution in [0.1, 0.15) is 43.2 Å². The lowest BCUT2D eigenvalue weighted by molar-refractivity contribution is 0.280. The molecule has 1 aliphatic carbocycles. The SMILES string of the molecule is COc1ccc(C)c(C2(CN)CCCCC2)c1OC. The molecule has 0 atom stereocenters. The second-order valence-electron chi connectivity index (χ2n) is 5.54. The maximum atomic E-state index is 6.16. The first-order chi connectivity index (χ1) is 9.18. The molecule has 0 aromatic heterocycles. The average molecular weight is 263 g/mol. The summed E-state index contributed by atoms with van der Waals surface area (Å²) in [4.78, 5) is 0. The highest BCUT2D eigenvalue weighted by Crippen LogP contribution is 2.47. The Morgan fingerprint density at radius 2 is 1.79 bits per heavy atom. The predicted octanol–water partition coefficient (Wildman–Crippen LogP) is 3.17. The van der Waals surface area contributed by atoms with E-state index in [1.54, 1.807) is 14.2 Å². The normalized spacial score (nSPS) is 18.1. The summed E-state index contributed by atoms with van der Waals surface area (Å²) in [6, 6.07) is 4.09. The Morgan fingerprint density at radius 1 is 1.11 bits per heavy atom. The van der Waals surface area contributed by atoms with Crippen molar-refractivity contribution in [3.05, 3.63) is 23.3 Å². The molecule has 19 heavy (non-hydrogen) atoms. The molecule has 0 amide bonds. The first-order valence-corrected chi connectivity index (χ1v) is 7.10. The van der Waals surface area contributed by atoms with E-state index in [-0.39, 0.29) is 5.41 Å². The van der Waals surface area contributed by atoms with Crippen molar-refractivity contribution in [2.24, 2.45) is 5.73 Å². The van der Waals surface area contributed by atoms with Crippen LogP contribution in [0, 0.1) is 6.92 Å². The first-order valence-electron chi connectivity index (χ1n) is 7.10. The molecule has 1 aromatic carbocycles. The van der Waals surface area contributed by atoms with Gasteiger partial charge in [-0.1, -0.05) is 25.3 Å². The molecule has 1 aromatic rings. The maximum Gasteiger partial charge on any atom is 0.164 e. The summed E-state index contributed by atoms with van der Waals surface area (Å²) in [5.41, 5.74) is 8.73. The summed E-state index contributed by atoms with van der Waals surface area (Å²) in [6.07, 6.45) is 6.10. The minimum Gasteiger partial charge on any atom is -0.493 e. The van der Waals surface area contributed by atoms with E-state index in [0.29, 0.717) is 6.54 Å². The molecule has 1 saturated carbocycles. The topological polar surface area (TPSA) is 44.5 Å². The molecular weight excluding hydrogens is 238 g/mol. The third-order valence-corrected chi connectivity index (χ3v) is 4.49. The minimum absolute atomic E-state index is 0.0578. The van der Waals surface area contributed by atoms with Crippen molar-refractivity contribution in [3.63, 3.8) is 0 Å². The number of nitrogens with two attached hydrogens (primary N) is 1. The average Bonchev–Trinajstić information content (AvgIpc) is 2.47. The Morgan fingerprint density at radius 3 is 2.32 bits per heavy atom. The monoisotopic (exact) mass is 263 g/mol. The van der Waals surface area contributed by atoms with Gasteiger partial charge < -0.3 is 15.2 Å². The zero-order chi connectivity index (χ0) is 13.9. The molecule has 0 spiro atoms. The number of aryl methyl sites for hydroxylation is 1. The molecule has 0 aliphatic heterocycles. The summed E-state index contributed by atoms with van der Waals surface area (Å²) in [7, 11) is 3.40. The van der Waals surface area contributed by atoms with Gasteiger partial charge in [0.15, 0.2) is 11.5 Å². The fourth-order valence-electron chi connectivity index (χ4n) is 3.47. The van der Waals surface area contributed by atoms with E-state index >= 15 is 0 Å². The maximum absolute atomic E-state index is 6.16. The second kappa shape index (κ2) is 5.83. The van der Waals surface area contributed by atoms with Crippen molar-refractivity contribution in [1.82, 2.24) is 0 Å². The molecule has 0 radical (unpaired) electrons. The van der Waals surface area contributed by atoms with Gasteiger partial charge in [-0.25, -0.2) is 0 Å². The lowest BCUT2D eigenvalue weighted by atomic mass is 9.68. The highest BCUT2D eigenvalue weighted by atomic mass is 16.5. The van der Waals surface area contributed by atoms with Crippen LogP contribution in [0.3, 0.4) is 0 Å². The molecule has 2 rings (SSSR count). The standard InChI is InChI=1S/C16H25NO2/c1-12-7-8-13(18-2)15(19-3)14(12)16(11-17)9-5-4-6-10-16/h7-8H,4-6,9-11,17H2,1-3H3. The lowest BCUT2D eigenvalue weighted by Crippen LogP contribution is -2.38. The van der Waals surface area contributed by atoms with Gasteiger partial charge in [-0.2, -0.15) is 0 Å². The zero-order valence-electron chi connectivity index (χ0n) is 12.3. The van der Waals surface area contributed by atoms with Gasteiger partial charge in [-0.15, -0.1) is 0 Å². The Balaban J connectivity index is 2.58. The van der Waals surface area contributed by atoms with Crippen LogP contribution >= 0.6 is 0 Å². The summed E-state index contributed by atoms with van der Waals surface area (Å²) < 4.78 is 11.1. The molecule has 2 N–H and O–H groups in total. The van der Waals surface area contributed by atoms with Crippen LogP contribution in [0.2, 0.25) is 0 Å². The van der Waals surface area contributed by atoms with Gasteiger partial charge in [-0.3, -0.25) is 0 Å². The highest BCUT2D eigenvalue weighted by Gasteiger charge is 2.37. The molecule has 0 bridgehead atoms. The molecule has 0 unspecified atom stereocenters. The van der Waals surface area contributed by atoms with Crippen molar-refractivity contribution < 1.29 is 9.47 Å². The summed E-state index contributed by atoms with van der Waals surface area (Å²) in [5, 5.41) is 0. The first kappa shape index (κ1) is 14.2. The number of hydrogen-bond donors (Lipinski definition) is 1. The Hall–Kier alpha value is -1.22. The quantitative estimate of drug-likeness (QED) is 0.907. The second-order valence-corrected chi connectivity index (χ2v) is 5.54. The van der Waals surface area contributed by atoms with Gasteiger partial charge in [-0.05, 0) is 31.4 Å². The largest absolute Gasteiger partial charge is 0.493 e. The van der Waals surface area contributed by atoms with Gasteiger partial charge in [0, 0.05) is 17.5 Å². The molecule has 1 aliphatic rings. The van der Waals surface area contributed by atoms with E-state index in [9.17, 15) is 0 Å². The summed E-state index contributed by atoms with van der Waals surface area (Å²) in [5.74, 6) is 1.68. The Bertz CT molecular complexity index is 437. The number of benzene rings is 1. The van der Waals surface area contributed by atoms with Crippen LogP contribution in [-0.4, -0.2) is 20.8 Å². The fourth-order valence-corrected chi connectivity index (χ4v) is 3.47. The smallest absolute Gasteiger partial charge is 0.164 e. The summed E-state index contributed by atoms with van der Waals surface area (Å²) in [6.45, 7) is 2.82. The van der Waals surface area contributed by atoms with Gasteiger partial charge in [0.2, 0.25) is 0 Å². The van der Waals surface area contributed by atoms with E-state index in [1.807, 2.05) is 6.07 Å². The third-order valence-electron chi connectivity index (χ3n) is 4.49. The van der Waals surface area contributed by atoms with Crippen molar-refractivity contribution in [3.8, 4) is 11.5 Å². The van der Waals surface area contributed by atoms with Gasteiger partial charge in [0.1, 0.15) is 0 Å². The van der Waals surface area contributed by atoms with Crippen molar-refractivity contribution in [2.75, 3.05) is 20.8 Å². The number of methoxy groups -OCH3 is 2. The van der Waals surface area contributed by atoms with Crippen LogP contribution in [-0.2, 0) is 5.41 Å². The van der Waals surface area contributed by atoms with Crippen LogP contribution in [0.25, 0.3) is 0 Å². The Kier molecular flexibility index (Phi) is 4.35. The number of rotatable bonds is 4. The van der Waals surface area contributed by atoms with Crippen LogP contribution in [0.15, 0.2) is 12.1 Å². The summed E-state index contributed by atoms with van der Waals surface area (Å²) >= 11 is 0. The van der Waals surface area contributed by atoms with E-state index in [4.69, 9.17) is 15.2 Å². The molecular formula is C16H25NO2. The fraction of sp³-hybridized carbons (Fsp3) is 0.625. The molecule has 0 saturated heterocycles. The molecule has 3 nitrogen and oxygen atoms in total. The van der Waals surface area contributed by atoms with Gasteiger partial charge >= 0.3 is 0 Å². The van der Waals surface area contributed by atoms with Crippen LogP contribution < -0.4 is 15.2 Å². The highest BCUT2D eigenvalue weighted by molar-refractivity contribution is 5.54. The molecule has 3 heteroatoms. The van der Waals surface area contributed by atoms with Crippen LogP contribution in [0.4, 0.5) is 0 Å². The predicted molar refractivity (Wildman–Crippen MR) is 78.1 cm³/mol. The van der Waals surface area contributed by atoms with E-state index < -0.39 is 0 Å². The van der Waals surface area contributed by atoms with E-state index in [1.165, 1.54) is 30.4 Å². The van der Waals surface area contributed by atoms with Crippen molar-refractivity contribution in [2.45, 2.75) is 44.4 Å². The number of ether oxygens (including phenoxy) is 2.